The molecule has 12 heteroatoms. The first kappa shape index (κ1) is 25.3. The van der Waals surface area contributed by atoms with Crippen LogP contribution in [0.2, 0.25) is 5.02 Å². The molecule has 0 fully saturated rings. The molecule has 0 aliphatic heterocycles. The van der Waals surface area contributed by atoms with Crippen molar-refractivity contribution in [1.82, 2.24) is 20.1 Å². The lowest BCUT2D eigenvalue weighted by molar-refractivity contribution is -0.113. The third-order valence-corrected chi connectivity index (χ3v) is 6.04. The summed E-state index contributed by atoms with van der Waals surface area (Å²) in [5, 5.41) is 24.4. The van der Waals surface area contributed by atoms with Gasteiger partial charge in [-0.2, -0.15) is 0 Å². The zero-order chi connectivity index (χ0) is 24.7. The smallest absolute Gasteiger partial charge is 0.251 e. The van der Waals surface area contributed by atoms with E-state index in [9.17, 15) is 14.7 Å². The Morgan fingerprint density at radius 3 is 2.53 bits per heavy atom. The van der Waals surface area contributed by atoms with E-state index in [-0.39, 0.29) is 24.2 Å². The number of methoxy groups -OCH3 is 2. The molecule has 1 heterocycles. The van der Waals surface area contributed by atoms with Crippen molar-refractivity contribution in [1.29, 1.82) is 0 Å². The zero-order valence-corrected chi connectivity index (χ0v) is 20.3. The molecule has 0 aliphatic rings. The fourth-order valence-corrected chi connectivity index (χ4v) is 3.92. The van der Waals surface area contributed by atoms with Crippen molar-refractivity contribution in [2.24, 2.45) is 7.05 Å². The molecule has 3 rings (SSSR count). The first-order chi connectivity index (χ1) is 16.4. The third kappa shape index (κ3) is 6.19. The monoisotopic (exact) mass is 505 g/mol. The highest BCUT2D eigenvalue weighted by molar-refractivity contribution is 7.99. The first-order valence-corrected chi connectivity index (χ1v) is 11.4. The minimum absolute atomic E-state index is 0.0453. The topological polar surface area (TPSA) is 128 Å². The van der Waals surface area contributed by atoms with Crippen LogP contribution in [0.15, 0.2) is 47.6 Å². The van der Waals surface area contributed by atoms with E-state index >= 15 is 0 Å². The summed E-state index contributed by atoms with van der Waals surface area (Å²) in [5.74, 6) is 0.841. The highest BCUT2D eigenvalue weighted by atomic mass is 35.5. The van der Waals surface area contributed by atoms with Gasteiger partial charge in [-0.05, 0) is 42.5 Å². The number of aliphatic hydroxyl groups is 1. The number of hydrogen-bond acceptors (Lipinski definition) is 8. The number of benzene rings is 2. The Bertz CT molecular complexity index is 1160. The van der Waals surface area contributed by atoms with Crippen molar-refractivity contribution in [3.05, 3.63) is 58.9 Å². The van der Waals surface area contributed by atoms with Crippen molar-refractivity contribution in [3.63, 3.8) is 0 Å². The van der Waals surface area contributed by atoms with Crippen LogP contribution in [0.3, 0.4) is 0 Å². The zero-order valence-electron chi connectivity index (χ0n) is 18.7. The largest absolute Gasteiger partial charge is 0.497 e. The summed E-state index contributed by atoms with van der Waals surface area (Å²) in [7, 11) is 4.73. The number of anilines is 1. The number of carbonyl (C=O) groups excluding carboxylic acids is 2. The Morgan fingerprint density at radius 2 is 1.88 bits per heavy atom. The van der Waals surface area contributed by atoms with Gasteiger partial charge in [0.2, 0.25) is 5.91 Å². The second-order valence-corrected chi connectivity index (χ2v) is 8.40. The minimum atomic E-state index is -0.786. The standard InChI is InChI=1S/C22H24ClN5O5S/c1-28-20(17(11-29)25-21(31)13-4-7-15(32-2)8-5-13)26-27-22(28)34-12-19(30)24-16-10-14(23)6-9-18(16)33-3/h4-10,17,29H,11-12H2,1-3H3,(H,24,30)(H,25,31)/t17-/m0/s1. The maximum atomic E-state index is 12.6. The minimum Gasteiger partial charge on any atom is -0.497 e. The molecule has 1 atom stereocenters. The molecule has 1 aromatic heterocycles. The lowest BCUT2D eigenvalue weighted by Gasteiger charge is -2.16. The second kappa shape index (κ2) is 11.7. The molecular formula is C22H24ClN5O5S. The predicted molar refractivity (Wildman–Crippen MR) is 129 cm³/mol. The fraction of sp³-hybridized carbons (Fsp3) is 0.273. The lowest BCUT2D eigenvalue weighted by Crippen LogP contribution is -2.32. The number of nitrogens with zero attached hydrogens (tertiary/aromatic N) is 3. The average molecular weight is 506 g/mol. The van der Waals surface area contributed by atoms with Crippen LogP contribution in [0.4, 0.5) is 5.69 Å². The summed E-state index contributed by atoms with van der Waals surface area (Å²) in [6.07, 6.45) is 0. The van der Waals surface area contributed by atoms with E-state index < -0.39 is 6.04 Å². The molecule has 10 nitrogen and oxygen atoms in total. The summed E-state index contributed by atoms with van der Waals surface area (Å²) >= 11 is 7.15. The lowest BCUT2D eigenvalue weighted by atomic mass is 10.2. The second-order valence-electron chi connectivity index (χ2n) is 7.02. The van der Waals surface area contributed by atoms with Crippen LogP contribution in [0.25, 0.3) is 0 Å². The van der Waals surface area contributed by atoms with E-state index in [2.05, 4.69) is 20.8 Å². The van der Waals surface area contributed by atoms with E-state index in [1.807, 2.05) is 0 Å². The van der Waals surface area contributed by atoms with Crippen LogP contribution in [0, 0.1) is 0 Å². The molecule has 0 spiro atoms. The van der Waals surface area contributed by atoms with Crippen LogP contribution in [-0.2, 0) is 11.8 Å². The van der Waals surface area contributed by atoms with Gasteiger partial charge in [0, 0.05) is 17.6 Å². The van der Waals surface area contributed by atoms with E-state index in [4.69, 9.17) is 21.1 Å². The number of carbonyl (C=O) groups is 2. The van der Waals surface area contributed by atoms with E-state index in [1.165, 1.54) is 14.2 Å². The van der Waals surface area contributed by atoms with Crippen LogP contribution in [0.5, 0.6) is 11.5 Å². The molecule has 2 amide bonds. The summed E-state index contributed by atoms with van der Waals surface area (Å²) < 4.78 is 11.9. The van der Waals surface area contributed by atoms with Crippen molar-refractivity contribution in [2.75, 3.05) is 31.9 Å². The number of aliphatic hydroxyl groups excluding tert-OH is 1. The number of amides is 2. The molecule has 180 valence electrons. The van der Waals surface area contributed by atoms with Gasteiger partial charge >= 0.3 is 0 Å². The quantitative estimate of drug-likeness (QED) is 0.359. The molecule has 3 aromatic rings. The van der Waals surface area contributed by atoms with Gasteiger partial charge in [-0.3, -0.25) is 9.59 Å². The molecule has 0 aliphatic carbocycles. The fourth-order valence-electron chi connectivity index (χ4n) is 3.03. The number of rotatable bonds is 10. The molecule has 0 bridgehead atoms. The Morgan fingerprint density at radius 1 is 1.15 bits per heavy atom. The van der Waals surface area contributed by atoms with Crippen LogP contribution < -0.4 is 20.1 Å². The maximum Gasteiger partial charge on any atom is 0.251 e. The number of hydrogen-bond donors (Lipinski definition) is 3. The molecule has 34 heavy (non-hydrogen) atoms. The van der Waals surface area contributed by atoms with Gasteiger partial charge in [0.15, 0.2) is 11.0 Å². The number of ether oxygens (including phenoxy) is 2. The van der Waals surface area contributed by atoms with Crippen LogP contribution in [0.1, 0.15) is 22.2 Å². The van der Waals surface area contributed by atoms with Gasteiger partial charge < -0.3 is 29.8 Å². The van der Waals surface area contributed by atoms with E-state index in [1.54, 1.807) is 54.1 Å². The highest BCUT2D eigenvalue weighted by Crippen LogP contribution is 2.28. The summed E-state index contributed by atoms with van der Waals surface area (Å²) in [6.45, 7) is -0.381. The van der Waals surface area contributed by atoms with Crippen molar-refractivity contribution >= 4 is 40.9 Å². The van der Waals surface area contributed by atoms with Gasteiger partial charge in [-0.15, -0.1) is 10.2 Å². The molecule has 0 saturated carbocycles. The maximum absolute atomic E-state index is 12.6. The summed E-state index contributed by atoms with van der Waals surface area (Å²) in [6, 6.07) is 10.7. The number of halogens is 1. The molecule has 3 N–H and O–H groups in total. The normalized spacial score (nSPS) is 11.6. The average Bonchev–Trinajstić information content (AvgIpc) is 3.21. The van der Waals surface area contributed by atoms with Crippen molar-refractivity contribution in [2.45, 2.75) is 11.2 Å². The predicted octanol–water partition coefficient (Wildman–Crippen LogP) is 2.68. The molecular weight excluding hydrogens is 482 g/mol. The van der Waals surface area contributed by atoms with Crippen molar-refractivity contribution < 1.29 is 24.2 Å². The van der Waals surface area contributed by atoms with Gasteiger partial charge in [0.25, 0.3) is 5.91 Å². The third-order valence-electron chi connectivity index (χ3n) is 4.79. The SMILES string of the molecule is COc1ccc(C(=O)N[C@@H](CO)c2nnc(SCC(=O)Nc3cc(Cl)ccc3OC)n2C)cc1. The number of aromatic nitrogens is 3. The van der Waals surface area contributed by atoms with E-state index in [0.717, 1.165) is 11.8 Å². The van der Waals surface area contributed by atoms with Crippen LogP contribution >= 0.6 is 23.4 Å². The summed E-state index contributed by atoms with van der Waals surface area (Å²) in [4.78, 5) is 25.0. The Balaban J connectivity index is 1.63. The Labute approximate surface area is 205 Å². The summed E-state index contributed by atoms with van der Waals surface area (Å²) in [5.41, 5.74) is 0.866. The Kier molecular flexibility index (Phi) is 8.74. The number of thioether (sulfide) groups is 1. The van der Waals surface area contributed by atoms with Gasteiger partial charge in [0.05, 0.1) is 32.3 Å². The van der Waals surface area contributed by atoms with E-state index in [0.29, 0.717) is 38.8 Å². The van der Waals surface area contributed by atoms with Gasteiger partial charge in [-0.1, -0.05) is 23.4 Å². The van der Waals surface area contributed by atoms with Gasteiger partial charge in [0.1, 0.15) is 17.5 Å². The van der Waals surface area contributed by atoms with Gasteiger partial charge in [-0.25, -0.2) is 0 Å². The molecule has 0 unspecified atom stereocenters. The molecule has 0 saturated heterocycles. The van der Waals surface area contributed by atoms with Crippen molar-refractivity contribution in [3.8, 4) is 11.5 Å². The first-order valence-electron chi connectivity index (χ1n) is 10.1. The molecule has 0 radical (unpaired) electrons. The Hall–Kier alpha value is -3.28. The molecule has 2 aromatic carbocycles. The van der Waals surface area contributed by atoms with Crippen LogP contribution in [-0.4, -0.2) is 58.3 Å². The highest BCUT2D eigenvalue weighted by Gasteiger charge is 2.22. The number of nitrogens with one attached hydrogen (secondary N) is 2.